The van der Waals surface area contributed by atoms with Crippen LogP contribution >= 0.6 is 0 Å². The molecule has 0 aromatic heterocycles. The maximum absolute atomic E-state index is 11.5. The number of rotatable bonds is 2. The van der Waals surface area contributed by atoms with Crippen molar-refractivity contribution in [2.75, 3.05) is 13.1 Å². The summed E-state index contributed by atoms with van der Waals surface area (Å²) < 4.78 is 0. The quantitative estimate of drug-likeness (QED) is 0.618. The molecule has 78 valence electrons. The molecule has 2 unspecified atom stereocenters. The van der Waals surface area contributed by atoms with Crippen molar-refractivity contribution in [1.29, 1.82) is 0 Å². The Hall–Kier alpha value is -0.860. The fourth-order valence-electron chi connectivity index (χ4n) is 2.66. The van der Waals surface area contributed by atoms with Gasteiger partial charge in [-0.3, -0.25) is 9.59 Å². The molecule has 1 saturated carbocycles. The molecular weight excluding hydrogens is 178 g/mol. The van der Waals surface area contributed by atoms with Crippen LogP contribution < -0.4 is 0 Å². The van der Waals surface area contributed by atoms with Gasteiger partial charge >= 0.3 is 0 Å². The second-order valence-corrected chi connectivity index (χ2v) is 5.21. The van der Waals surface area contributed by atoms with Crippen LogP contribution in [0.15, 0.2) is 0 Å². The van der Waals surface area contributed by atoms with E-state index in [1.165, 1.54) is 6.92 Å². The molecule has 0 aromatic rings. The molecule has 0 spiro atoms. The summed E-state index contributed by atoms with van der Waals surface area (Å²) in [4.78, 5) is 24.2. The Balaban J connectivity index is 1.88. The average molecular weight is 195 g/mol. The predicted octanol–water partition coefficient (Wildman–Crippen LogP) is 1.08. The van der Waals surface area contributed by atoms with Crippen LogP contribution in [-0.4, -0.2) is 29.7 Å². The largest absolute Gasteiger partial charge is 0.342 e. The van der Waals surface area contributed by atoms with Gasteiger partial charge in [0.05, 0.1) is 6.42 Å². The number of hydrogen-bond acceptors (Lipinski definition) is 2. The number of piperidine rings is 1. The Morgan fingerprint density at radius 1 is 1.29 bits per heavy atom. The van der Waals surface area contributed by atoms with E-state index in [2.05, 4.69) is 13.8 Å². The highest BCUT2D eigenvalue weighted by Crippen LogP contribution is 2.61. The van der Waals surface area contributed by atoms with Gasteiger partial charge in [-0.1, -0.05) is 13.8 Å². The zero-order chi connectivity index (χ0) is 10.5. The van der Waals surface area contributed by atoms with Crippen molar-refractivity contribution in [3.63, 3.8) is 0 Å². The van der Waals surface area contributed by atoms with E-state index in [0.29, 0.717) is 17.3 Å². The van der Waals surface area contributed by atoms with Gasteiger partial charge in [-0.05, 0) is 24.2 Å². The van der Waals surface area contributed by atoms with E-state index in [9.17, 15) is 9.59 Å². The summed E-state index contributed by atoms with van der Waals surface area (Å²) in [5.74, 6) is 1.34. The monoisotopic (exact) mass is 195 g/mol. The average Bonchev–Trinajstić information content (AvgIpc) is 2.50. The molecule has 1 aliphatic heterocycles. The Kier molecular flexibility index (Phi) is 1.95. The fourth-order valence-corrected chi connectivity index (χ4v) is 2.66. The number of ketones is 1. The van der Waals surface area contributed by atoms with Gasteiger partial charge in [-0.15, -0.1) is 0 Å². The van der Waals surface area contributed by atoms with Crippen LogP contribution in [0.3, 0.4) is 0 Å². The molecule has 1 aliphatic carbocycles. The summed E-state index contributed by atoms with van der Waals surface area (Å²) in [7, 11) is 0. The van der Waals surface area contributed by atoms with Crippen LogP contribution in [-0.2, 0) is 9.59 Å². The Bertz CT molecular complexity index is 282. The highest BCUT2D eigenvalue weighted by atomic mass is 16.2. The molecule has 2 atom stereocenters. The third kappa shape index (κ3) is 1.35. The molecule has 0 N–H and O–H groups in total. The van der Waals surface area contributed by atoms with E-state index in [-0.39, 0.29) is 18.1 Å². The summed E-state index contributed by atoms with van der Waals surface area (Å²) in [5, 5.41) is 0. The van der Waals surface area contributed by atoms with Crippen LogP contribution in [0.2, 0.25) is 0 Å². The van der Waals surface area contributed by atoms with Crippen molar-refractivity contribution in [3.8, 4) is 0 Å². The highest BCUT2D eigenvalue weighted by molar-refractivity contribution is 5.96. The van der Waals surface area contributed by atoms with E-state index in [4.69, 9.17) is 0 Å². The molecule has 3 nitrogen and oxygen atoms in total. The van der Waals surface area contributed by atoms with Crippen LogP contribution in [0.4, 0.5) is 0 Å². The Morgan fingerprint density at radius 2 is 1.79 bits per heavy atom. The van der Waals surface area contributed by atoms with Gasteiger partial charge in [-0.25, -0.2) is 0 Å². The van der Waals surface area contributed by atoms with Gasteiger partial charge in [0, 0.05) is 13.1 Å². The maximum atomic E-state index is 11.5. The first-order valence-electron chi connectivity index (χ1n) is 5.20. The number of amides is 1. The zero-order valence-corrected chi connectivity index (χ0v) is 9.04. The molecule has 1 saturated heterocycles. The van der Waals surface area contributed by atoms with Crippen molar-refractivity contribution in [3.05, 3.63) is 0 Å². The van der Waals surface area contributed by atoms with Gasteiger partial charge in [0.2, 0.25) is 5.91 Å². The molecule has 2 rings (SSSR count). The summed E-state index contributed by atoms with van der Waals surface area (Å²) >= 11 is 0. The summed E-state index contributed by atoms with van der Waals surface area (Å²) in [6.45, 7) is 7.72. The molecule has 2 aliphatic rings. The van der Waals surface area contributed by atoms with Crippen LogP contribution in [0.1, 0.15) is 27.2 Å². The number of likely N-dealkylation sites (tertiary alicyclic amines) is 1. The van der Waals surface area contributed by atoms with E-state index >= 15 is 0 Å². The predicted molar refractivity (Wildman–Crippen MR) is 52.6 cm³/mol. The second-order valence-electron chi connectivity index (χ2n) is 5.21. The SMILES string of the molecule is CC(=O)CC(=O)N1CC2C(C1)C2(C)C. The number of nitrogens with zero attached hydrogens (tertiary/aromatic N) is 1. The van der Waals surface area contributed by atoms with Gasteiger partial charge < -0.3 is 4.90 Å². The zero-order valence-electron chi connectivity index (χ0n) is 9.04. The topological polar surface area (TPSA) is 37.4 Å². The smallest absolute Gasteiger partial charge is 0.230 e. The lowest BCUT2D eigenvalue weighted by Crippen LogP contribution is -2.33. The van der Waals surface area contributed by atoms with Gasteiger partial charge in [0.15, 0.2) is 0 Å². The van der Waals surface area contributed by atoms with Crippen LogP contribution in [0.25, 0.3) is 0 Å². The third-order valence-electron chi connectivity index (χ3n) is 3.87. The molecule has 2 fully saturated rings. The van der Waals surface area contributed by atoms with E-state index in [1.807, 2.05) is 4.90 Å². The summed E-state index contributed by atoms with van der Waals surface area (Å²) in [5.41, 5.74) is 0.438. The number of hydrogen-bond donors (Lipinski definition) is 0. The minimum absolute atomic E-state index is 0.0144. The number of carbonyl (C=O) groups excluding carboxylic acids is 2. The van der Waals surface area contributed by atoms with Crippen molar-refractivity contribution >= 4 is 11.7 Å². The first-order valence-corrected chi connectivity index (χ1v) is 5.20. The Labute approximate surface area is 84.5 Å². The number of Topliss-reactive ketones (excluding diaryl/α,β-unsaturated/α-hetero) is 1. The minimum Gasteiger partial charge on any atom is -0.342 e. The summed E-state index contributed by atoms with van der Waals surface area (Å²) in [6, 6.07) is 0. The van der Waals surface area contributed by atoms with Gasteiger partial charge in [0.1, 0.15) is 5.78 Å². The molecule has 0 aromatic carbocycles. The first kappa shape index (κ1) is 9.69. The maximum Gasteiger partial charge on any atom is 0.230 e. The van der Waals surface area contributed by atoms with Gasteiger partial charge in [-0.2, -0.15) is 0 Å². The van der Waals surface area contributed by atoms with E-state index in [0.717, 1.165) is 13.1 Å². The van der Waals surface area contributed by atoms with E-state index < -0.39 is 0 Å². The molecule has 0 bridgehead atoms. The molecule has 1 heterocycles. The fraction of sp³-hybridized carbons (Fsp3) is 0.818. The summed E-state index contributed by atoms with van der Waals surface area (Å²) in [6.07, 6.45) is 0.0832. The minimum atomic E-state index is -0.0326. The lowest BCUT2D eigenvalue weighted by Gasteiger charge is -2.21. The third-order valence-corrected chi connectivity index (χ3v) is 3.87. The normalized spacial score (nSPS) is 32.6. The van der Waals surface area contributed by atoms with Crippen molar-refractivity contribution in [2.45, 2.75) is 27.2 Å². The molecule has 0 radical (unpaired) electrons. The standard InChI is InChI=1S/C11H17NO2/c1-7(13)4-10(14)12-5-8-9(6-12)11(8,2)3/h8-9H,4-6H2,1-3H3. The van der Waals surface area contributed by atoms with Crippen LogP contribution in [0.5, 0.6) is 0 Å². The Morgan fingerprint density at radius 3 is 2.21 bits per heavy atom. The lowest BCUT2D eigenvalue weighted by molar-refractivity contribution is -0.134. The van der Waals surface area contributed by atoms with E-state index in [1.54, 1.807) is 0 Å². The second kappa shape index (κ2) is 2.81. The number of carbonyl (C=O) groups is 2. The molecule has 14 heavy (non-hydrogen) atoms. The first-order chi connectivity index (χ1) is 6.43. The highest BCUT2D eigenvalue weighted by Gasteiger charge is 2.62. The molecular formula is C11H17NO2. The lowest BCUT2D eigenvalue weighted by atomic mass is 10.1. The van der Waals surface area contributed by atoms with Gasteiger partial charge in [0.25, 0.3) is 0 Å². The van der Waals surface area contributed by atoms with Crippen LogP contribution in [0, 0.1) is 17.3 Å². The van der Waals surface area contributed by atoms with Crippen molar-refractivity contribution in [1.82, 2.24) is 4.90 Å². The molecule has 1 amide bonds. The number of fused-ring (bicyclic) bond motifs is 1. The van der Waals surface area contributed by atoms with Crippen molar-refractivity contribution < 1.29 is 9.59 Å². The van der Waals surface area contributed by atoms with Crippen molar-refractivity contribution in [2.24, 2.45) is 17.3 Å². The molecule has 3 heteroatoms.